The number of carboxylic acid groups (broad SMARTS) is 1. The molecule has 5 aromatic carbocycles. The van der Waals surface area contributed by atoms with Gasteiger partial charge in [-0.15, -0.1) is 22.7 Å². The normalized spacial score (nSPS) is 12.1. The number of rotatable bonds is 23. The van der Waals surface area contributed by atoms with Crippen molar-refractivity contribution < 1.29 is 66.0 Å². The minimum absolute atomic E-state index is 0. The minimum Gasteiger partial charge on any atom is -0.496 e. The lowest BCUT2D eigenvalue weighted by molar-refractivity contribution is 0.0486. The predicted molar refractivity (Wildman–Crippen MR) is 355 cm³/mol. The number of fused-ring (bicyclic) bond motifs is 2. The molecule has 92 heavy (non-hydrogen) atoms. The second-order valence-electron chi connectivity index (χ2n) is 21.2. The van der Waals surface area contributed by atoms with E-state index in [2.05, 4.69) is 45.4 Å². The number of thiazole rings is 2. The number of methoxy groups -OCH3 is 3. The molecule has 2 aromatic heterocycles. The largest absolute Gasteiger partial charge is 0.496 e. The number of Topliss-reactive ketones (excluding diaryl/α,β-unsaturated/α-hetero) is 2. The first-order valence-electron chi connectivity index (χ1n) is 28.2. The van der Waals surface area contributed by atoms with Gasteiger partial charge in [0.1, 0.15) is 11.4 Å². The molecule has 26 nitrogen and oxygen atoms in total. The fourth-order valence-corrected chi connectivity index (χ4v) is 12.0. The third kappa shape index (κ3) is 21.6. The average Bonchev–Trinajstić information content (AvgIpc) is 0.827. The number of ketones is 2. The van der Waals surface area contributed by atoms with Crippen molar-refractivity contribution in [2.24, 2.45) is 32.9 Å². The van der Waals surface area contributed by atoms with Crippen LogP contribution < -0.4 is 48.3 Å². The number of nitrogens with one attached hydrogen (secondary N) is 4. The number of esters is 2. The van der Waals surface area contributed by atoms with Gasteiger partial charge in [0.25, 0.3) is 15.9 Å². The molecule has 7 aromatic rings. The van der Waals surface area contributed by atoms with Gasteiger partial charge in [-0.2, -0.15) is 0 Å². The molecule has 0 saturated heterocycles. The zero-order valence-electron chi connectivity index (χ0n) is 52.0. The van der Waals surface area contributed by atoms with Gasteiger partial charge >= 0.3 is 24.0 Å². The maximum absolute atomic E-state index is 13.1. The number of benzene rings is 5. The molecule has 2 atom stereocenters. The van der Waals surface area contributed by atoms with E-state index >= 15 is 0 Å². The van der Waals surface area contributed by atoms with Crippen molar-refractivity contribution in [3.63, 3.8) is 0 Å². The van der Waals surface area contributed by atoms with Crippen LogP contribution in [0.4, 0.5) is 4.79 Å². The summed E-state index contributed by atoms with van der Waals surface area (Å²) in [4.78, 5) is 102. The number of aryl methyl sites for hydroxylation is 1. The number of aromatic carboxylic acids is 1. The maximum Gasteiger partial charge on any atom is 0.408 e. The summed E-state index contributed by atoms with van der Waals surface area (Å²) in [5, 5.41) is 17.9. The SMILES string of the molecule is C.CN=C(N)NCCC[C@H](NC(=O)OC(C)(C)C)C(=O)c1nc2ccc(C(=O)O)cc2s1.COC(=O)c1ccc(CN)cc1.COC(=O)c1ccc(CNC(=O)c2ccc3nc(C(=O)[C@@H](N)CCCN=C(N)NS(=O)(=O)c4c(C)cc(OC)c(C)c4C)sc3c2)cc1. The van der Waals surface area contributed by atoms with Crippen molar-refractivity contribution in [2.75, 3.05) is 41.5 Å². The highest BCUT2D eigenvalue weighted by atomic mass is 32.2. The van der Waals surface area contributed by atoms with Gasteiger partial charge in [-0.05, 0) is 162 Å². The number of carbonyl (C=O) groups excluding carboxylic acids is 6. The Morgan fingerprint density at radius 2 is 1.23 bits per heavy atom. The number of nitrogens with two attached hydrogens (primary N) is 4. The number of sulfonamides is 1. The summed E-state index contributed by atoms with van der Waals surface area (Å²) >= 11 is 2.23. The number of amides is 2. The molecular formula is C63H80N12O14S3. The van der Waals surface area contributed by atoms with E-state index in [0.717, 1.165) is 33.8 Å². The van der Waals surface area contributed by atoms with Crippen LogP contribution in [0.25, 0.3) is 20.4 Å². The number of aliphatic imine (C=N–C) groups is 2. The van der Waals surface area contributed by atoms with Crippen LogP contribution in [0.5, 0.6) is 5.75 Å². The molecule has 494 valence electrons. The van der Waals surface area contributed by atoms with Crippen molar-refractivity contribution in [3.05, 3.63) is 151 Å². The molecule has 0 aliphatic carbocycles. The number of hydrogen-bond acceptors (Lipinski definition) is 21. The van der Waals surface area contributed by atoms with Gasteiger partial charge in [-0.25, -0.2) is 42.3 Å². The van der Waals surface area contributed by atoms with Crippen molar-refractivity contribution >= 4 is 107 Å². The van der Waals surface area contributed by atoms with Gasteiger partial charge in [0.2, 0.25) is 17.5 Å². The number of alkyl carbamates (subject to hydrolysis) is 1. The highest BCUT2D eigenvalue weighted by Crippen LogP contribution is 2.31. The molecule has 13 N–H and O–H groups in total. The highest BCUT2D eigenvalue weighted by molar-refractivity contribution is 7.90. The highest BCUT2D eigenvalue weighted by Gasteiger charge is 2.29. The van der Waals surface area contributed by atoms with Crippen LogP contribution in [0.1, 0.15) is 143 Å². The summed E-state index contributed by atoms with van der Waals surface area (Å²) in [5.41, 5.74) is 28.5. The van der Waals surface area contributed by atoms with Crippen molar-refractivity contribution in [3.8, 4) is 5.75 Å². The third-order valence-corrected chi connectivity index (χ3v) is 17.1. The molecule has 7 rings (SSSR count). The standard InChI is InChI=1S/C33H38N6O7S2.C20H27N5O5S.C9H11NO2.CH4/c1-18-15-26(45-4)19(2)20(3)29(18)48(43,44)39-33(35)36-14-6-7-24(34)28(40)31-38-25-13-12-23(16-27(25)47-31)30(41)37-17-21-8-10-22(11-9-21)32(42)46-5;1-20(2,3)30-19(29)25-13(6-5-9-23-18(21)22-4)15(26)16-24-12-8-7-11(17(27)28)10-14(12)31-16;1-12-9(11)8-4-2-7(6-10)3-5-8;/h8-13,15-16,24H,6-7,14,17,34H2,1-5H3,(H,37,41)(H3,35,36,39);7-8,10,13H,5-6,9H2,1-4H3,(H,25,29)(H,27,28)(H3,21,22,23);2-5H,6,10H2,1H3;1H4/t24-;13-;;/m00../s1. The van der Waals surface area contributed by atoms with E-state index in [1.807, 2.05) is 12.1 Å². The fraction of sp³-hybridized carbons (Fsp3) is 0.349. The molecule has 29 heteroatoms. The molecule has 2 heterocycles. The molecular weight excluding hydrogens is 1240 g/mol. The second-order valence-corrected chi connectivity index (χ2v) is 24.9. The van der Waals surface area contributed by atoms with E-state index in [4.69, 9.17) is 42.3 Å². The van der Waals surface area contributed by atoms with E-state index in [-0.39, 0.29) is 82.8 Å². The Hall–Kier alpha value is -9.42. The first-order valence-corrected chi connectivity index (χ1v) is 31.3. The van der Waals surface area contributed by atoms with E-state index in [1.165, 1.54) is 33.5 Å². The van der Waals surface area contributed by atoms with Gasteiger partial charge in [0, 0.05) is 38.8 Å². The smallest absolute Gasteiger partial charge is 0.408 e. The lowest BCUT2D eigenvalue weighted by Gasteiger charge is -2.22. The maximum atomic E-state index is 13.1. The lowest BCUT2D eigenvalue weighted by Crippen LogP contribution is -2.44. The second kappa shape index (κ2) is 34.7. The topological polar surface area (TPSA) is 413 Å². The molecule has 0 saturated carbocycles. The summed E-state index contributed by atoms with van der Waals surface area (Å²) in [6, 6.07) is 23.1. The zero-order valence-corrected chi connectivity index (χ0v) is 54.5. The number of hydrogen-bond donors (Lipinski definition) is 9. The van der Waals surface area contributed by atoms with Gasteiger partial charge in [-0.1, -0.05) is 31.7 Å². The summed E-state index contributed by atoms with van der Waals surface area (Å²) in [6.07, 6.45) is 0.773. The summed E-state index contributed by atoms with van der Waals surface area (Å²) in [5.74, 6) is -2.25. The monoisotopic (exact) mass is 1320 g/mol. The Morgan fingerprint density at radius 1 is 0.696 bits per heavy atom. The molecule has 0 aliphatic heterocycles. The number of carboxylic acids is 1. The van der Waals surface area contributed by atoms with Crippen LogP contribution in [0.15, 0.2) is 106 Å². The van der Waals surface area contributed by atoms with Crippen LogP contribution in [0.3, 0.4) is 0 Å². The van der Waals surface area contributed by atoms with Gasteiger partial charge in [-0.3, -0.25) is 24.4 Å². The Bertz CT molecular complexity index is 3940. The zero-order chi connectivity index (χ0) is 67.3. The quantitative estimate of drug-likeness (QED) is 0.00748. The number of ether oxygens (including phenoxy) is 4. The predicted octanol–water partition coefficient (Wildman–Crippen LogP) is 7.48. The van der Waals surface area contributed by atoms with Crippen LogP contribution in [0.2, 0.25) is 0 Å². The summed E-state index contributed by atoms with van der Waals surface area (Å²) in [6.45, 7) is 11.7. The van der Waals surface area contributed by atoms with Gasteiger partial charge < -0.3 is 62.9 Å². The molecule has 0 radical (unpaired) electrons. The molecule has 2 amide bonds. The summed E-state index contributed by atoms with van der Waals surface area (Å²) in [7, 11) is 1.75. The van der Waals surface area contributed by atoms with Crippen LogP contribution in [0, 0.1) is 20.8 Å². The molecule has 0 fully saturated rings. The third-order valence-electron chi connectivity index (χ3n) is 13.4. The number of guanidine groups is 2. The summed E-state index contributed by atoms with van der Waals surface area (Å²) < 4.78 is 49.5. The van der Waals surface area contributed by atoms with E-state index in [9.17, 15) is 42.0 Å². The van der Waals surface area contributed by atoms with Crippen molar-refractivity contribution in [1.29, 1.82) is 0 Å². The van der Waals surface area contributed by atoms with Crippen LogP contribution in [-0.2, 0) is 37.3 Å². The first-order chi connectivity index (χ1) is 43.0. The Morgan fingerprint density at radius 3 is 1.75 bits per heavy atom. The Labute approximate surface area is 542 Å². The first kappa shape index (κ1) is 75.0. The number of carbonyl (C=O) groups is 7. The lowest BCUT2D eigenvalue weighted by atomic mass is 10.1. The number of nitrogens with zero attached hydrogens (tertiary/aromatic N) is 4. The molecule has 0 unspecified atom stereocenters. The Balaban J connectivity index is 0.000000348. The van der Waals surface area contributed by atoms with E-state index in [0.29, 0.717) is 91.9 Å². The van der Waals surface area contributed by atoms with E-state index < -0.39 is 45.7 Å². The van der Waals surface area contributed by atoms with Crippen molar-refractivity contribution in [2.45, 2.75) is 110 Å². The Kier molecular flexibility index (Phi) is 28.3. The van der Waals surface area contributed by atoms with E-state index in [1.54, 1.807) is 115 Å². The van der Waals surface area contributed by atoms with Gasteiger partial charge in [0.05, 0.1) is 75.4 Å². The average molecular weight is 1330 g/mol. The number of aromatic nitrogens is 2. The van der Waals surface area contributed by atoms with Crippen molar-refractivity contribution in [1.82, 2.24) is 30.6 Å². The molecule has 0 spiro atoms. The van der Waals surface area contributed by atoms with Crippen LogP contribution in [-0.4, -0.2) is 136 Å². The molecule has 0 bridgehead atoms. The van der Waals surface area contributed by atoms with Gasteiger partial charge in [0.15, 0.2) is 16.0 Å². The molecule has 0 aliphatic rings. The minimum atomic E-state index is -4.00. The van der Waals surface area contributed by atoms with Crippen LogP contribution >= 0.6 is 22.7 Å². The fourth-order valence-electron chi connectivity index (χ4n) is 8.53.